The van der Waals surface area contributed by atoms with Crippen molar-refractivity contribution in [3.8, 4) is 5.75 Å². The average Bonchev–Trinajstić information content (AvgIpc) is 3.13. The normalized spacial score (nSPS) is 14.1. The molecular formula is C35H39NO4. The molecule has 5 heteroatoms. The molecule has 0 radical (unpaired) electrons. The molecule has 208 valence electrons. The summed E-state index contributed by atoms with van der Waals surface area (Å²) in [5.74, 6) is -0.0316. The van der Waals surface area contributed by atoms with E-state index in [1.165, 1.54) is 0 Å². The third-order valence-electron chi connectivity index (χ3n) is 6.09. The van der Waals surface area contributed by atoms with Crippen molar-refractivity contribution in [2.45, 2.75) is 39.7 Å². The molecule has 0 fully saturated rings. The van der Waals surface area contributed by atoms with Gasteiger partial charge in [0.25, 0.3) is 0 Å². The summed E-state index contributed by atoms with van der Waals surface area (Å²) in [6.45, 7) is 5.75. The number of hydrogen-bond acceptors (Lipinski definition) is 3. The summed E-state index contributed by atoms with van der Waals surface area (Å²) in [5, 5.41) is 8.82. The van der Waals surface area contributed by atoms with Crippen molar-refractivity contribution in [1.29, 1.82) is 0 Å². The third kappa shape index (κ3) is 10.7. The lowest BCUT2D eigenvalue weighted by Crippen LogP contribution is -2.01. The Morgan fingerprint density at radius 3 is 2.70 bits per heavy atom. The predicted octanol–water partition coefficient (Wildman–Crippen LogP) is 8.11. The molecule has 3 rings (SSSR count). The molecular weight excluding hydrogens is 498 g/mol. The molecule has 1 aliphatic rings. The quantitative estimate of drug-likeness (QED) is 0.184. The number of carboxylic acid groups (broad SMARTS) is 1. The molecule has 1 heterocycles. The number of aliphatic carboxylic acids is 1. The summed E-state index contributed by atoms with van der Waals surface area (Å²) >= 11 is 0. The molecule has 0 atom stereocenters. The molecule has 0 saturated heterocycles. The summed E-state index contributed by atoms with van der Waals surface area (Å²) in [4.78, 5) is 10.7. The van der Waals surface area contributed by atoms with Crippen LogP contribution in [0.15, 0.2) is 121 Å². The number of allylic oxidation sites excluding steroid dienone is 10. The van der Waals surface area contributed by atoms with Crippen LogP contribution in [0.3, 0.4) is 0 Å². The Morgan fingerprint density at radius 1 is 1.07 bits per heavy atom. The molecule has 1 N–H and O–H groups in total. The van der Waals surface area contributed by atoms with E-state index in [1.54, 1.807) is 6.26 Å². The summed E-state index contributed by atoms with van der Waals surface area (Å²) in [6, 6.07) is 9.67. The first kappa shape index (κ1) is 30.0. The van der Waals surface area contributed by atoms with E-state index in [0.717, 1.165) is 46.7 Å². The third-order valence-corrected chi connectivity index (χ3v) is 6.09. The van der Waals surface area contributed by atoms with E-state index in [4.69, 9.17) is 14.6 Å². The van der Waals surface area contributed by atoms with Crippen LogP contribution < -0.4 is 4.74 Å². The number of nitrogens with zero attached hydrogens (tertiary/aromatic N) is 1. The molecule has 0 bridgehead atoms. The van der Waals surface area contributed by atoms with Gasteiger partial charge in [0.2, 0.25) is 0 Å². The average molecular weight is 538 g/mol. The Labute approximate surface area is 238 Å². The van der Waals surface area contributed by atoms with Crippen molar-refractivity contribution in [3.63, 3.8) is 0 Å². The van der Waals surface area contributed by atoms with Crippen LogP contribution in [0.1, 0.15) is 43.5 Å². The molecule has 2 aromatic rings. The van der Waals surface area contributed by atoms with Crippen molar-refractivity contribution in [2.24, 2.45) is 0 Å². The van der Waals surface area contributed by atoms with Gasteiger partial charge in [0.1, 0.15) is 19.0 Å². The second-order valence-electron chi connectivity index (χ2n) is 9.22. The zero-order chi connectivity index (χ0) is 28.4. The lowest BCUT2D eigenvalue weighted by Gasteiger charge is -2.09. The molecule has 0 amide bonds. The minimum absolute atomic E-state index is 0.129. The number of carboxylic acids is 1. The maximum Gasteiger partial charge on any atom is 0.303 e. The van der Waals surface area contributed by atoms with Gasteiger partial charge in [0, 0.05) is 30.4 Å². The lowest BCUT2D eigenvalue weighted by atomic mass is 10.1. The molecule has 5 nitrogen and oxygen atoms in total. The van der Waals surface area contributed by atoms with Crippen LogP contribution in [0.25, 0.3) is 12.2 Å². The summed E-state index contributed by atoms with van der Waals surface area (Å²) in [6.07, 6.45) is 32.4. The predicted molar refractivity (Wildman–Crippen MR) is 165 cm³/mol. The minimum atomic E-state index is -0.790. The summed E-state index contributed by atoms with van der Waals surface area (Å²) in [7, 11) is 0. The van der Waals surface area contributed by atoms with E-state index in [9.17, 15) is 4.79 Å². The van der Waals surface area contributed by atoms with Gasteiger partial charge in [-0.2, -0.15) is 0 Å². The maximum absolute atomic E-state index is 10.7. The summed E-state index contributed by atoms with van der Waals surface area (Å²) < 4.78 is 13.8. The highest BCUT2D eigenvalue weighted by Crippen LogP contribution is 2.18. The van der Waals surface area contributed by atoms with Crippen molar-refractivity contribution in [3.05, 3.63) is 138 Å². The van der Waals surface area contributed by atoms with Gasteiger partial charge in [0.15, 0.2) is 0 Å². The van der Waals surface area contributed by atoms with Crippen LogP contribution in [0.4, 0.5) is 0 Å². The van der Waals surface area contributed by atoms with Gasteiger partial charge in [-0.25, -0.2) is 0 Å². The van der Waals surface area contributed by atoms with E-state index in [2.05, 4.69) is 65.4 Å². The standard InChI is InChI=1S/C35H39NO4/c1-3-11-30(13-9-10-25-40-33-19-16-29(17-20-33)18-21-35(37)38)27-36-24-22-32(34(36)12-4-2)23-26-39-28-31-14-7-5-6-8-15-31/h3-5,7-17,19-20,22-24,26H,6,18,21,25,27-28H2,1-2H3,(H,37,38)/b10-9+,11-3-,12-4-,26-23+,30-13+. The SMILES string of the molecule is C\C=C/C(=C\C=C\COc1ccc(CCC(=O)O)cc1)Cn1ccc(/C=C/OCC2=CC=CCC=C2)c1/C=C\C. The zero-order valence-electron chi connectivity index (χ0n) is 23.4. The van der Waals surface area contributed by atoms with E-state index in [1.807, 2.05) is 68.5 Å². The van der Waals surface area contributed by atoms with Crippen LogP contribution in [0.2, 0.25) is 0 Å². The highest BCUT2D eigenvalue weighted by atomic mass is 16.5. The first-order chi connectivity index (χ1) is 19.6. The molecule has 1 aromatic carbocycles. The Balaban J connectivity index is 1.57. The zero-order valence-corrected chi connectivity index (χ0v) is 23.4. The van der Waals surface area contributed by atoms with Gasteiger partial charge in [0.05, 0.1) is 6.26 Å². The Kier molecular flexibility index (Phi) is 12.9. The van der Waals surface area contributed by atoms with Gasteiger partial charge < -0.3 is 19.1 Å². The number of hydrogen-bond donors (Lipinski definition) is 1. The summed E-state index contributed by atoms with van der Waals surface area (Å²) in [5.41, 5.74) is 5.51. The van der Waals surface area contributed by atoms with Crippen molar-refractivity contribution >= 4 is 18.1 Å². The number of carbonyl (C=O) groups is 1. The first-order valence-electron chi connectivity index (χ1n) is 13.6. The van der Waals surface area contributed by atoms with Crippen LogP contribution in [0.5, 0.6) is 5.75 Å². The van der Waals surface area contributed by atoms with Crippen LogP contribution >= 0.6 is 0 Å². The monoisotopic (exact) mass is 537 g/mol. The highest BCUT2D eigenvalue weighted by Gasteiger charge is 2.06. The first-order valence-corrected chi connectivity index (χ1v) is 13.6. The molecule has 0 unspecified atom stereocenters. The van der Waals surface area contributed by atoms with Gasteiger partial charge in [-0.05, 0) is 79.8 Å². The van der Waals surface area contributed by atoms with E-state index in [0.29, 0.717) is 19.6 Å². The highest BCUT2D eigenvalue weighted by molar-refractivity contribution is 5.67. The fourth-order valence-corrected chi connectivity index (χ4v) is 4.08. The molecule has 40 heavy (non-hydrogen) atoms. The van der Waals surface area contributed by atoms with Gasteiger partial charge in [-0.1, -0.05) is 72.9 Å². The second-order valence-corrected chi connectivity index (χ2v) is 9.22. The number of aryl methyl sites for hydroxylation is 1. The Hall–Kier alpha value is -4.51. The van der Waals surface area contributed by atoms with Crippen LogP contribution in [0, 0.1) is 0 Å². The minimum Gasteiger partial charge on any atom is -0.496 e. The molecule has 1 aromatic heterocycles. The van der Waals surface area contributed by atoms with E-state index >= 15 is 0 Å². The van der Waals surface area contributed by atoms with E-state index in [-0.39, 0.29) is 6.42 Å². The molecule has 0 aliphatic heterocycles. The lowest BCUT2D eigenvalue weighted by molar-refractivity contribution is -0.136. The Morgan fingerprint density at radius 2 is 1.93 bits per heavy atom. The van der Waals surface area contributed by atoms with E-state index < -0.39 is 5.97 Å². The van der Waals surface area contributed by atoms with Crippen molar-refractivity contribution < 1.29 is 19.4 Å². The van der Waals surface area contributed by atoms with Crippen molar-refractivity contribution in [1.82, 2.24) is 4.57 Å². The fraction of sp³-hybridized carbons (Fsp3) is 0.229. The van der Waals surface area contributed by atoms with Crippen LogP contribution in [-0.2, 0) is 22.5 Å². The topological polar surface area (TPSA) is 60.7 Å². The molecule has 0 spiro atoms. The maximum atomic E-state index is 10.7. The smallest absolute Gasteiger partial charge is 0.303 e. The number of benzene rings is 1. The Bertz CT molecular complexity index is 1330. The molecule has 1 aliphatic carbocycles. The number of ether oxygens (including phenoxy) is 2. The second kappa shape index (κ2) is 17.2. The van der Waals surface area contributed by atoms with Gasteiger partial charge >= 0.3 is 5.97 Å². The number of aromatic nitrogens is 1. The molecule has 0 saturated carbocycles. The van der Waals surface area contributed by atoms with Gasteiger partial charge in [-0.3, -0.25) is 4.79 Å². The van der Waals surface area contributed by atoms with Crippen molar-refractivity contribution in [2.75, 3.05) is 13.2 Å². The fourth-order valence-electron chi connectivity index (χ4n) is 4.08. The number of rotatable bonds is 15. The largest absolute Gasteiger partial charge is 0.496 e. The van der Waals surface area contributed by atoms with Gasteiger partial charge in [-0.15, -0.1) is 0 Å². The van der Waals surface area contributed by atoms with Crippen LogP contribution in [-0.4, -0.2) is 28.9 Å².